The van der Waals surface area contributed by atoms with Gasteiger partial charge in [-0.3, -0.25) is 10.8 Å². The predicted molar refractivity (Wildman–Crippen MR) is 79.1 cm³/mol. The first kappa shape index (κ1) is 14.3. The molecule has 1 aromatic carbocycles. The molecular formula is C13H13BrClN3O. The molecule has 0 aliphatic rings. The molecule has 0 saturated carbocycles. The minimum atomic E-state index is -0.211. The van der Waals surface area contributed by atoms with E-state index in [1.807, 2.05) is 24.3 Å². The molecule has 2 aromatic rings. The fourth-order valence-corrected chi connectivity index (χ4v) is 2.72. The van der Waals surface area contributed by atoms with E-state index in [4.69, 9.17) is 22.2 Å². The van der Waals surface area contributed by atoms with Gasteiger partial charge >= 0.3 is 0 Å². The van der Waals surface area contributed by atoms with Crippen molar-refractivity contribution in [2.75, 3.05) is 7.11 Å². The van der Waals surface area contributed by atoms with Crippen molar-refractivity contribution in [2.45, 2.75) is 6.04 Å². The number of halogens is 2. The van der Waals surface area contributed by atoms with Crippen LogP contribution in [-0.4, -0.2) is 12.1 Å². The van der Waals surface area contributed by atoms with Crippen LogP contribution in [0.4, 0.5) is 0 Å². The molecule has 0 fully saturated rings. The van der Waals surface area contributed by atoms with Gasteiger partial charge in [0.05, 0.1) is 19.3 Å². The summed E-state index contributed by atoms with van der Waals surface area (Å²) < 4.78 is 6.06. The summed E-state index contributed by atoms with van der Waals surface area (Å²) in [7, 11) is 1.60. The summed E-state index contributed by atoms with van der Waals surface area (Å²) in [6.07, 6.45) is 3.38. The fourth-order valence-electron chi connectivity index (χ4n) is 1.83. The highest BCUT2D eigenvalue weighted by molar-refractivity contribution is 9.10. The van der Waals surface area contributed by atoms with E-state index in [9.17, 15) is 0 Å². The zero-order chi connectivity index (χ0) is 13.8. The van der Waals surface area contributed by atoms with Crippen LogP contribution in [0.2, 0.25) is 5.02 Å². The average Bonchev–Trinajstić information content (AvgIpc) is 2.39. The molecule has 0 radical (unpaired) electrons. The number of nitrogens with one attached hydrogen (secondary N) is 1. The van der Waals surface area contributed by atoms with Crippen molar-refractivity contribution >= 4 is 27.5 Å². The standard InChI is InChI=1S/C13H13BrClN3O/c1-19-12-4-9(6-17-7-12)13(18-16)8-2-10(14)5-11(15)3-8/h2-7,13,18H,16H2,1H3. The second kappa shape index (κ2) is 6.34. The quantitative estimate of drug-likeness (QED) is 0.662. The molecule has 1 atom stereocenters. The molecule has 3 N–H and O–H groups in total. The molecular weight excluding hydrogens is 330 g/mol. The molecule has 0 aliphatic carbocycles. The van der Waals surface area contributed by atoms with Crippen molar-refractivity contribution < 1.29 is 4.74 Å². The van der Waals surface area contributed by atoms with E-state index in [-0.39, 0.29) is 6.04 Å². The van der Waals surface area contributed by atoms with Crippen LogP contribution in [0.1, 0.15) is 17.2 Å². The smallest absolute Gasteiger partial charge is 0.137 e. The molecule has 1 heterocycles. The minimum Gasteiger partial charge on any atom is -0.495 e. The number of hydrogen-bond acceptors (Lipinski definition) is 4. The summed E-state index contributed by atoms with van der Waals surface area (Å²) in [5.74, 6) is 6.33. The van der Waals surface area contributed by atoms with Crippen LogP contribution in [-0.2, 0) is 0 Å². The van der Waals surface area contributed by atoms with Gasteiger partial charge < -0.3 is 4.74 Å². The van der Waals surface area contributed by atoms with Crippen LogP contribution in [0.3, 0.4) is 0 Å². The van der Waals surface area contributed by atoms with Gasteiger partial charge in [-0.15, -0.1) is 0 Å². The van der Waals surface area contributed by atoms with Crippen molar-refractivity contribution in [3.05, 3.63) is 57.3 Å². The van der Waals surface area contributed by atoms with Gasteiger partial charge in [0.1, 0.15) is 5.75 Å². The van der Waals surface area contributed by atoms with Crippen LogP contribution in [0.5, 0.6) is 5.75 Å². The molecule has 100 valence electrons. The summed E-state index contributed by atoms with van der Waals surface area (Å²) >= 11 is 9.48. The highest BCUT2D eigenvalue weighted by atomic mass is 79.9. The maximum Gasteiger partial charge on any atom is 0.137 e. The molecule has 1 unspecified atom stereocenters. The predicted octanol–water partition coefficient (Wildman–Crippen LogP) is 3.06. The Bertz CT molecular complexity index is 559. The van der Waals surface area contributed by atoms with Gasteiger partial charge in [-0.25, -0.2) is 5.43 Å². The molecule has 0 amide bonds. The lowest BCUT2D eigenvalue weighted by Gasteiger charge is -2.17. The molecule has 0 saturated heterocycles. The van der Waals surface area contributed by atoms with Crippen molar-refractivity contribution in [2.24, 2.45) is 5.84 Å². The Morgan fingerprint density at radius 1 is 1.26 bits per heavy atom. The Morgan fingerprint density at radius 2 is 2.05 bits per heavy atom. The highest BCUT2D eigenvalue weighted by Crippen LogP contribution is 2.28. The molecule has 0 aliphatic heterocycles. The van der Waals surface area contributed by atoms with Gasteiger partial charge in [0, 0.05) is 15.7 Å². The van der Waals surface area contributed by atoms with E-state index in [1.54, 1.807) is 19.5 Å². The summed E-state index contributed by atoms with van der Waals surface area (Å²) in [5.41, 5.74) is 4.61. The number of benzene rings is 1. The molecule has 0 bridgehead atoms. The average molecular weight is 343 g/mol. The maximum atomic E-state index is 6.06. The van der Waals surface area contributed by atoms with E-state index in [2.05, 4.69) is 26.3 Å². The number of rotatable bonds is 4. The molecule has 1 aromatic heterocycles. The van der Waals surface area contributed by atoms with Gasteiger partial charge in [0.25, 0.3) is 0 Å². The Morgan fingerprint density at radius 3 is 2.68 bits per heavy atom. The van der Waals surface area contributed by atoms with E-state index in [1.165, 1.54) is 0 Å². The third kappa shape index (κ3) is 3.45. The van der Waals surface area contributed by atoms with Crippen molar-refractivity contribution in [1.29, 1.82) is 0 Å². The fraction of sp³-hybridized carbons (Fsp3) is 0.154. The van der Waals surface area contributed by atoms with Gasteiger partial charge in [0.15, 0.2) is 0 Å². The summed E-state index contributed by atoms with van der Waals surface area (Å²) in [5, 5.41) is 0.639. The maximum absolute atomic E-state index is 6.06. The topological polar surface area (TPSA) is 60.2 Å². The van der Waals surface area contributed by atoms with Crippen LogP contribution in [0.15, 0.2) is 41.1 Å². The minimum absolute atomic E-state index is 0.211. The first-order valence-corrected chi connectivity index (χ1v) is 6.72. The van der Waals surface area contributed by atoms with Crippen LogP contribution < -0.4 is 16.0 Å². The second-order valence-electron chi connectivity index (χ2n) is 3.96. The van der Waals surface area contributed by atoms with Crippen molar-refractivity contribution in [3.63, 3.8) is 0 Å². The highest BCUT2D eigenvalue weighted by Gasteiger charge is 2.14. The number of hydrogen-bond donors (Lipinski definition) is 2. The summed E-state index contributed by atoms with van der Waals surface area (Å²) in [4.78, 5) is 4.13. The summed E-state index contributed by atoms with van der Waals surface area (Å²) in [6.45, 7) is 0. The lowest BCUT2D eigenvalue weighted by Crippen LogP contribution is -2.29. The number of hydrazine groups is 1. The zero-order valence-corrected chi connectivity index (χ0v) is 12.6. The van der Waals surface area contributed by atoms with Gasteiger partial charge in [-0.2, -0.15) is 0 Å². The van der Waals surface area contributed by atoms with E-state index in [0.29, 0.717) is 10.8 Å². The summed E-state index contributed by atoms with van der Waals surface area (Å²) in [6, 6.07) is 7.30. The number of methoxy groups -OCH3 is 1. The second-order valence-corrected chi connectivity index (χ2v) is 5.31. The number of nitrogens with two attached hydrogens (primary N) is 1. The molecule has 19 heavy (non-hydrogen) atoms. The Hall–Kier alpha value is -1.14. The monoisotopic (exact) mass is 341 g/mol. The number of aromatic nitrogens is 1. The normalized spacial score (nSPS) is 12.2. The molecule has 0 spiro atoms. The first-order valence-electron chi connectivity index (χ1n) is 5.55. The Labute approximate surface area is 125 Å². The molecule has 6 heteroatoms. The van der Waals surface area contributed by atoms with Crippen LogP contribution in [0, 0.1) is 0 Å². The Balaban J connectivity index is 2.43. The van der Waals surface area contributed by atoms with E-state index >= 15 is 0 Å². The largest absolute Gasteiger partial charge is 0.495 e. The van der Waals surface area contributed by atoms with Crippen LogP contribution in [0.25, 0.3) is 0 Å². The van der Waals surface area contributed by atoms with Gasteiger partial charge in [-0.1, -0.05) is 27.5 Å². The number of ether oxygens (including phenoxy) is 1. The van der Waals surface area contributed by atoms with E-state index in [0.717, 1.165) is 15.6 Å². The lowest BCUT2D eigenvalue weighted by molar-refractivity contribution is 0.411. The molecule has 2 rings (SSSR count). The van der Waals surface area contributed by atoms with Gasteiger partial charge in [-0.05, 0) is 35.4 Å². The zero-order valence-electron chi connectivity index (χ0n) is 10.2. The molecule has 4 nitrogen and oxygen atoms in total. The van der Waals surface area contributed by atoms with Gasteiger partial charge in [0.2, 0.25) is 0 Å². The third-order valence-electron chi connectivity index (χ3n) is 2.69. The number of pyridine rings is 1. The van der Waals surface area contributed by atoms with Crippen molar-refractivity contribution in [1.82, 2.24) is 10.4 Å². The Kier molecular flexibility index (Phi) is 4.76. The van der Waals surface area contributed by atoms with E-state index < -0.39 is 0 Å². The van der Waals surface area contributed by atoms with Crippen LogP contribution >= 0.6 is 27.5 Å². The van der Waals surface area contributed by atoms with Crippen molar-refractivity contribution in [3.8, 4) is 5.75 Å². The third-order valence-corrected chi connectivity index (χ3v) is 3.36. The SMILES string of the molecule is COc1cncc(C(NN)c2cc(Cl)cc(Br)c2)c1. The lowest BCUT2D eigenvalue weighted by atomic mass is 10.0. The number of nitrogens with zero attached hydrogens (tertiary/aromatic N) is 1. The first-order chi connectivity index (χ1) is 9.13.